The van der Waals surface area contributed by atoms with Crippen molar-refractivity contribution in [1.29, 1.82) is 0 Å². The average Bonchev–Trinajstić information content (AvgIpc) is 2.79. The van der Waals surface area contributed by atoms with Crippen molar-refractivity contribution in [2.75, 3.05) is 10.6 Å². The summed E-state index contributed by atoms with van der Waals surface area (Å²) in [5.74, 6) is -1.11. The van der Waals surface area contributed by atoms with E-state index < -0.39 is 24.1 Å². The molecule has 0 fully saturated rings. The lowest BCUT2D eigenvalue weighted by Gasteiger charge is -2.24. The molecule has 9 heteroatoms. The van der Waals surface area contributed by atoms with Crippen molar-refractivity contribution in [3.8, 4) is 16.9 Å². The number of carbonyl (C=O) groups excluding carboxylic acids is 1. The van der Waals surface area contributed by atoms with E-state index >= 15 is 0 Å². The lowest BCUT2D eigenvalue weighted by molar-refractivity contribution is -0.274. The smallest absolute Gasteiger partial charge is 0.481 e. The van der Waals surface area contributed by atoms with Gasteiger partial charge in [-0.2, -0.15) is 0 Å². The van der Waals surface area contributed by atoms with E-state index in [1.807, 2.05) is 24.3 Å². The second-order valence-corrected chi connectivity index (χ2v) is 8.39. The van der Waals surface area contributed by atoms with E-state index in [9.17, 15) is 22.8 Å². The zero-order valence-electron chi connectivity index (χ0n) is 18.6. The summed E-state index contributed by atoms with van der Waals surface area (Å²) in [6, 6.07) is 17.8. The van der Waals surface area contributed by atoms with Gasteiger partial charge in [-0.05, 0) is 71.7 Å². The van der Waals surface area contributed by atoms with E-state index in [4.69, 9.17) is 5.11 Å². The molecule has 1 unspecified atom stereocenters. The van der Waals surface area contributed by atoms with Gasteiger partial charge in [0.15, 0.2) is 5.75 Å². The van der Waals surface area contributed by atoms with Crippen LogP contribution in [-0.2, 0) is 17.6 Å². The van der Waals surface area contributed by atoms with Crippen molar-refractivity contribution >= 4 is 23.4 Å². The zero-order chi connectivity index (χ0) is 25.0. The highest BCUT2D eigenvalue weighted by atomic mass is 19.4. The van der Waals surface area contributed by atoms with Crippen LogP contribution in [-0.4, -0.2) is 23.5 Å². The van der Waals surface area contributed by atoms with Crippen LogP contribution >= 0.6 is 0 Å². The van der Waals surface area contributed by atoms with Crippen LogP contribution in [0.15, 0.2) is 66.7 Å². The van der Waals surface area contributed by atoms with E-state index in [2.05, 4.69) is 21.4 Å². The van der Waals surface area contributed by atoms with Crippen molar-refractivity contribution in [3.05, 3.63) is 77.9 Å². The van der Waals surface area contributed by atoms with Crippen molar-refractivity contribution in [1.82, 2.24) is 0 Å². The number of amides is 2. The highest BCUT2D eigenvalue weighted by Crippen LogP contribution is 2.32. The summed E-state index contributed by atoms with van der Waals surface area (Å²) in [4.78, 5) is 23.3. The van der Waals surface area contributed by atoms with Crippen molar-refractivity contribution in [3.63, 3.8) is 0 Å². The Morgan fingerprint density at radius 1 is 0.943 bits per heavy atom. The number of hydrogen-bond donors (Lipinski definition) is 3. The number of benzene rings is 3. The Kier molecular flexibility index (Phi) is 6.95. The predicted octanol–water partition coefficient (Wildman–Crippen LogP) is 6.48. The van der Waals surface area contributed by atoms with Gasteiger partial charge in [0.2, 0.25) is 0 Å². The number of carbonyl (C=O) groups is 2. The molecule has 0 bridgehead atoms. The fourth-order valence-corrected chi connectivity index (χ4v) is 4.25. The second kappa shape index (κ2) is 10.1. The maximum absolute atomic E-state index is 12.6. The van der Waals surface area contributed by atoms with Crippen LogP contribution < -0.4 is 15.4 Å². The van der Waals surface area contributed by atoms with E-state index in [1.165, 1.54) is 29.3 Å². The Bertz CT molecular complexity index is 1230. The summed E-state index contributed by atoms with van der Waals surface area (Å²) in [5, 5.41) is 14.0. The molecular weight excluding hydrogens is 461 g/mol. The minimum absolute atomic E-state index is 0.112. The van der Waals surface area contributed by atoms with Crippen LogP contribution in [0.25, 0.3) is 11.1 Å². The zero-order valence-corrected chi connectivity index (χ0v) is 18.6. The Morgan fingerprint density at radius 3 is 2.37 bits per heavy atom. The quantitative estimate of drug-likeness (QED) is 0.374. The largest absolute Gasteiger partial charge is 0.573 e. The molecule has 0 radical (unpaired) electrons. The summed E-state index contributed by atoms with van der Waals surface area (Å²) in [5.41, 5.74) is 4.69. The van der Waals surface area contributed by atoms with Gasteiger partial charge in [0.05, 0.1) is 5.69 Å². The van der Waals surface area contributed by atoms with Crippen molar-refractivity contribution in [2.45, 2.75) is 32.0 Å². The summed E-state index contributed by atoms with van der Waals surface area (Å²) >= 11 is 0. The van der Waals surface area contributed by atoms with Gasteiger partial charge in [0.25, 0.3) is 0 Å². The molecule has 0 saturated carbocycles. The van der Waals surface area contributed by atoms with Crippen LogP contribution in [0.2, 0.25) is 0 Å². The third-order valence-corrected chi connectivity index (χ3v) is 5.84. The normalized spacial score (nSPS) is 15.1. The number of urea groups is 1. The molecule has 3 aromatic rings. The highest BCUT2D eigenvalue weighted by Gasteiger charge is 2.32. The molecule has 3 N–H and O–H groups in total. The van der Waals surface area contributed by atoms with E-state index in [-0.39, 0.29) is 18.0 Å². The van der Waals surface area contributed by atoms with Crippen LogP contribution in [0, 0.1) is 5.92 Å². The number of aryl methyl sites for hydroxylation is 1. The Balaban J connectivity index is 1.40. The molecule has 1 atom stereocenters. The van der Waals surface area contributed by atoms with E-state index in [1.54, 1.807) is 12.1 Å². The SMILES string of the molecule is O=C(O)CC1CCc2cc(-c3ccc(NC(=O)Nc4ccccc4OC(F)(F)F)cc3)ccc2C1. The van der Waals surface area contributed by atoms with Gasteiger partial charge in [-0.1, -0.05) is 42.5 Å². The summed E-state index contributed by atoms with van der Waals surface area (Å²) < 4.78 is 41.6. The van der Waals surface area contributed by atoms with Crippen LogP contribution in [0.3, 0.4) is 0 Å². The molecule has 0 saturated heterocycles. The number of para-hydroxylation sites is 2. The minimum Gasteiger partial charge on any atom is -0.481 e. The first-order valence-electron chi connectivity index (χ1n) is 11.0. The lowest BCUT2D eigenvalue weighted by atomic mass is 9.81. The molecule has 0 spiro atoms. The number of ether oxygens (including phenoxy) is 1. The number of halogens is 3. The first-order chi connectivity index (χ1) is 16.7. The first-order valence-corrected chi connectivity index (χ1v) is 11.0. The number of fused-ring (bicyclic) bond motifs is 1. The number of rotatable bonds is 6. The molecular formula is C26H23F3N2O4. The van der Waals surface area contributed by atoms with Crippen LogP contribution in [0.1, 0.15) is 24.0 Å². The number of aliphatic carboxylic acids is 1. The third kappa shape index (κ3) is 6.53. The van der Waals surface area contributed by atoms with E-state index in [0.29, 0.717) is 5.69 Å². The van der Waals surface area contributed by atoms with Crippen molar-refractivity contribution < 1.29 is 32.6 Å². The average molecular weight is 484 g/mol. The van der Waals surface area contributed by atoms with Crippen LogP contribution in [0.5, 0.6) is 5.75 Å². The van der Waals surface area contributed by atoms with Gasteiger partial charge in [-0.25, -0.2) is 4.79 Å². The van der Waals surface area contributed by atoms with Gasteiger partial charge in [0, 0.05) is 12.1 Å². The Hall–Kier alpha value is -4.01. The number of anilines is 2. The number of alkyl halides is 3. The first kappa shape index (κ1) is 24.1. The van der Waals surface area contributed by atoms with Crippen LogP contribution in [0.4, 0.5) is 29.3 Å². The molecule has 4 rings (SSSR count). The maximum Gasteiger partial charge on any atom is 0.573 e. The van der Waals surface area contributed by atoms with Gasteiger partial charge in [0.1, 0.15) is 0 Å². The molecule has 1 aliphatic carbocycles. The van der Waals surface area contributed by atoms with Gasteiger partial charge in [-0.15, -0.1) is 13.2 Å². The molecule has 35 heavy (non-hydrogen) atoms. The van der Waals surface area contributed by atoms with Gasteiger partial charge >= 0.3 is 18.4 Å². The predicted molar refractivity (Wildman–Crippen MR) is 125 cm³/mol. The highest BCUT2D eigenvalue weighted by molar-refractivity contribution is 6.00. The van der Waals surface area contributed by atoms with Gasteiger partial charge < -0.3 is 20.5 Å². The Labute approximate surface area is 199 Å². The van der Waals surface area contributed by atoms with Gasteiger partial charge in [-0.3, -0.25) is 4.79 Å². The molecule has 0 heterocycles. The molecule has 182 valence electrons. The number of hydrogen-bond acceptors (Lipinski definition) is 3. The standard InChI is InChI=1S/C26H23F3N2O4/c27-26(28,29)35-23-4-2-1-3-22(23)31-25(34)30-21-11-9-17(10-12-21)19-8-7-18-13-16(14-24(32)33)5-6-20(18)15-19/h1-4,7-12,15-16H,5-6,13-14H2,(H,32,33)(H2,30,31,34). The van der Waals surface area contributed by atoms with E-state index in [0.717, 1.165) is 36.5 Å². The Morgan fingerprint density at radius 2 is 1.66 bits per heavy atom. The lowest BCUT2D eigenvalue weighted by Crippen LogP contribution is -2.22. The summed E-state index contributed by atoms with van der Waals surface area (Å²) in [6.45, 7) is 0. The molecule has 0 aliphatic heterocycles. The molecule has 3 aromatic carbocycles. The molecule has 2 amide bonds. The fraction of sp³-hybridized carbons (Fsp3) is 0.231. The molecule has 6 nitrogen and oxygen atoms in total. The second-order valence-electron chi connectivity index (χ2n) is 8.39. The number of carboxylic acid groups (broad SMARTS) is 1. The van der Waals surface area contributed by atoms with Crippen molar-refractivity contribution in [2.24, 2.45) is 5.92 Å². The topological polar surface area (TPSA) is 87.7 Å². The monoisotopic (exact) mass is 484 g/mol. The fourth-order valence-electron chi connectivity index (χ4n) is 4.25. The third-order valence-electron chi connectivity index (χ3n) is 5.84. The summed E-state index contributed by atoms with van der Waals surface area (Å²) in [6.07, 6.45) is -2.25. The molecule has 0 aromatic heterocycles. The minimum atomic E-state index is -4.87. The maximum atomic E-state index is 12.6. The number of carboxylic acids is 1. The molecule has 1 aliphatic rings. The number of nitrogens with one attached hydrogen (secondary N) is 2. The summed E-state index contributed by atoms with van der Waals surface area (Å²) in [7, 11) is 0.